The third-order valence-corrected chi connectivity index (χ3v) is 4.12. The summed E-state index contributed by atoms with van der Waals surface area (Å²) in [6, 6.07) is 9.22. The van der Waals surface area contributed by atoms with E-state index < -0.39 is 0 Å². The normalized spacial score (nSPS) is 17.8. The summed E-state index contributed by atoms with van der Waals surface area (Å²) in [5, 5.41) is 2.73. The summed E-state index contributed by atoms with van der Waals surface area (Å²) in [6.45, 7) is 4.35. The van der Waals surface area contributed by atoms with Gasteiger partial charge in [0.05, 0.1) is 11.9 Å². The van der Waals surface area contributed by atoms with Crippen LogP contribution in [0.1, 0.15) is 30.1 Å². The van der Waals surface area contributed by atoms with Crippen LogP contribution in [0.15, 0.2) is 42.6 Å². The monoisotopic (exact) mass is 313 g/mol. The van der Waals surface area contributed by atoms with Gasteiger partial charge in [-0.1, -0.05) is 6.92 Å². The van der Waals surface area contributed by atoms with Gasteiger partial charge in [0, 0.05) is 18.7 Å². The molecule has 2 aromatic rings. The SMILES string of the molecule is CC1CCCN(c2ccc(NC(=O)c3ccc(F)cc3)nc2)C1. The fourth-order valence-corrected chi connectivity index (χ4v) is 2.86. The number of aromatic nitrogens is 1. The number of benzene rings is 1. The number of piperidine rings is 1. The van der Waals surface area contributed by atoms with E-state index in [0.29, 0.717) is 17.3 Å². The van der Waals surface area contributed by atoms with E-state index in [4.69, 9.17) is 0 Å². The first-order chi connectivity index (χ1) is 11.1. The number of carbonyl (C=O) groups is 1. The maximum absolute atomic E-state index is 12.9. The lowest BCUT2D eigenvalue weighted by atomic mass is 10.00. The Morgan fingerprint density at radius 3 is 2.70 bits per heavy atom. The molecule has 0 radical (unpaired) electrons. The van der Waals surface area contributed by atoms with Gasteiger partial charge in [-0.2, -0.15) is 0 Å². The van der Waals surface area contributed by atoms with Gasteiger partial charge in [0.15, 0.2) is 0 Å². The predicted octanol–water partition coefficient (Wildman–Crippen LogP) is 3.71. The van der Waals surface area contributed by atoms with Gasteiger partial charge in [-0.15, -0.1) is 0 Å². The molecule has 0 saturated carbocycles. The first kappa shape index (κ1) is 15.5. The third-order valence-electron chi connectivity index (χ3n) is 4.12. The number of pyridine rings is 1. The Hall–Kier alpha value is -2.43. The second kappa shape index (κ2) is 6.77. The van der Waals surface area contributed by atoms with Crippen LogP contribution in [0.4, 0.5) is 15.9 Å². The van der Waals surface area contributed by atoms with E-state index in [-0.39, 0.29) is 11.7 Å². The Morgan fingerprint density at radius 2 is 2.04 bits per heavy atom. The molecule has 1 fully saturated rings. The largest absolute Gasteiger partial charge is 0.370 e. The summed E-state index contributed by atoms with van der Waals surface area (Å²) < 4.78 is 12.9. The Morgan fingerprint density at radius 1 is 1.26 bits per heavy atom. The second-order valence-corrected chi connectivity index (χ2v) is 6.06. The Kier molecular flexibility index (Phi) is 4.55. The molecule has 0 aliphatic carbocycles. The second-order valence-electron chi connectivity index (χ2n) is 6.06. The lowest BCUT2D eigenvalue weighted by molar-refractivity contribution is 0.102. The number of hydrogen-bond donors (Lipinski definition) is 1. The summed E-state index contributed by atoms with van der Waals surface area (Å²) in [5.74, 6) is 0.534. The molecule has 2 heterocycles. The van der Waals surface area contributed by atoms with Crippen LogP contribution in [0.5, 0.6) is 0 Å². The number of anilines is 2. The molecule has 0 bridgehead atoms. The highest BCUT2D eigenvalue weighted by molar-refractivity contribution is 6.03. The molecule has 4 nitrogen and oxygen atoms in total. The topological polar surface area (TPSA) is 45.2 Å². The Labute approximate surface area is 135 Å². The van der Waals surface area contributed by atoms with Crippen LogP contribution < -0.4 is 10.2 Å². The van der Waals surface area contributed by atoms with Crippen molar-refractivity contribution in [3.63, 3.8) is 0 Å². The molecule has 1 saturated heterocycles. The van der Waals surface area contributed by atoms with Gasteiger partial charge in [0.1, 0.15) is 11.6 Å². The van der Waals surface area contributed by atoms with Gasteiger partial charge in [-0.25, -0.2) is 9.37 Å². The first-order valence-electron chi connectivity index (χ1n) is 7.90. The molecular formula is C18H20FN3O. The Bertz CT molecular complexity index is 670. The predicted molar refractivity (Wildman–Crippen MR) is 89.2 cm³/mol. The van der Waals surface area contributed by atoms with Gasteiger partial charge < -0.3 is 10.2 Å². The molecule has 1 aliphatic rings. The standard InChI is InChI=1S/C18H20FN3O/c1-13-3-2-10-22(12-13)16-8-9-17(20-11-16)21-18(23)14-4-6-15(19)7-5-14/h4-9,11,13H,2-3,10,12H2,1H3,(H,20,21,23). The molecular weight excluding hydrogens is 293 g/mol. The van der Waals surface area contributed by atoms with Crippen LogP contribution in [-0.4, -0.2) is 24.0 Å². The molecule has 5 heteroatoms. The van der Waals surface area contributed by atoms with Gasteiger partial charge in [0.25, 0.3) is 5.91 Å². The van der Waals surface area contributed by atoms with Crippen LogP contribution in [0, 0.1) is 11.7 Å². The van der Waals surface area contributed by atoms with Crippen molar-refractivity contribution in [3.8, 4) is 0 Å². The number of nitrogens with one attached hydrogen (secondary N) is 1. The van der Waals surface area contributed by atoms with Crippen LogP contribution in [0.3, 0.4) is 0 Å². The number of amides is 1. The van der Waals surface area contributed by atoms with E-state index in [1.54, 1.807) is 12.3 Å². The molecule has 120 valence electrons. The number of rotatable bonds is 3. The van der Waals surface area contributed by atoms with E-state index in [1.807, 2.05) is 6.07 Å². The average Bonchev–Trinajstić information content (AvgIpc) is 2.56. The molecule has 1 unspecified atom stereocenters. The molecule has 1 aromatic carbocycles. The molecule has 3 rings (SSSR count). The summed E-state index contributed by atoms with van der Waals surface area (Å²) in [5.41, 5.74) is 1.48. The molecule has 0 spiro atoms. The lowest BCUT2D eigenvalue weighted by Gasteiger charge is -2.32. The minimum absolute atomic E-state index is 0.295. The molecule has 1 amide bonds. The van der Waals surface area contributed by atoms with E-state index in [2.05, 4.69) is 22.1 Å². The van der Waals surface area contributed by atoms with Gasteiger partial charge >= 0.3 is 0 Å². The van der Waals surface area contributed by atoms with Crippen molar-refractivity contribution in [2.45, 2.75) is 19.8 Å². The maximum Gasteiger partial charge on any atom is 0.256 e. The number of nitrogens with zero attached hydrogens (tertiary/aromatic N) is 2. The van der Waals surface area contributed by atoms with Crippen molar-refractivity contribution >= 4 is 17.4 Å². The maximum atomic E-state index is 12.9. The van der Waals surface area contributed by atoms with E-state index >= 15 is 0 Å². The van der Waals surface area contributed by atoms with Gasteiger partial charge in [-0.3, -0.25) is 4.79 Å². The highest BCUT2D eigenvalue weighted by Gasteiger charge is 2.17. The molecule has 1 aliphatic heterocycles. The summed E-state index contributed by atoms with van der Waals surface area (Å²) >= 11 is 0. The van der Waals surface area contributed by atoms with E-state index in [0.717, 1.165) is 18.8 Å². The zero-order chi connectivity index (χ0) is 16.2. The zero-order valence-corrected chi connectivity index (χ0v) is 13.1. The minimum Gasteiger partial charge on any atom is -0.370 e. The lowest BCUT2D eigenvalue weighted by Crippen LogP contribution is -2.34. The minimum atomic E-state index is -0.361. The molecule has 1 aromatic heterocycles. The smallest absolute Gasteiger partial charge is 0.256 e. The Balaban J connectivity index is 1.65. The van der Waals surface area contributed by atoms with Crippen LogP contribution in [0.2, 0.25) is 0 Å². The van der Waals surface area contributed by atoms with E-state index in [9.17, 15) is 9.18 Å². The third kappa shape index (κ3) is 3.86. The fourth-order valence-electron chi connectivity index (χ4n) is 2.86. The summed E-state index contributed by atoms with van der Waals surface area (Å²) in [6.07, 6.45) is 4.26. The van der Waals surface area contributed by atoms with Crippen molar-refractivity contribution in [2.24, 2.45) is 5.92 Å². The summed E-state index contributed by atoms with van der Waals surface area (Å²) in [4.78, 5) is 18.7. The van der Waals surface area contributed by atoms with Crippen LogP contribution >= 0.6 is 0 Å². The molecule has 1 atom stereocenters. The molecule has 1 N–H and O–H groups in total. The number of carbonyl (C=O) groups excluding carboxylic acids is 1. The van der Waals surface area contributed by atoms with Crippen molar-refractivity contribution in [2.75, 3.05) is 23.3 Å². The van der Waals surface area contributed by atoms with Gasteiger partial charge in [-0.05, 0) is 55.2 Å². The summed E-state index contributed by atoms with van der Waals surface area (Å²) in [7, 11) is 0. The quantitative estimate of drug-likeness (QED) is 0.939. The van der Waals surface area contributed by atoms with Crippen molar-refractivity contribution in [1.82, 2.24) is 4.98 Å². The fraction of sp³-hybridized carbons (Fsp3) is 0.333. The number of halogens is 1. The number of hydrogen-bond acceptors (Lipinski definition) is 3. The van der Waals surface area contributed by atoms with Crippen molar-refractivity contribution in [3.05, 3.63) is 54.0 Å². The average molecular weight is 313 g/mol. The zero-order valence-electron chi connectivity index (χ0n) is 13.1. The van der Waals surface area contributed by atoms with Crippen LogP contribution in [-0.2, 0) is 0 Å². The first-order valence-corrected chi connectivity index (χ1v) is 7.90. The van der Waals surface area contributed by atoms with Crippen molar-refractivity contribution in [1.29, 1.82) is 0 Å². The highest BCUT2D eigenvalue weighted by atomic mass is 19.1. The van der Waals surface area contributed by atoms with Gasteiger partial charge in [0.2, 0.25) is 0 Å². The highest BCUT2D eigenvalue weighted by Crippen LogP contribution is 2.23. The molecule has 23 heavy (non-hydrogen) atoms. The van der Waals surface area contributed by atoms with Crippen LogP contribution in [0.25, 0.3) is 0 Å². The van der Waals surface area contributed by atoms with Crippen molar-refractivity contribution < 1.29 is 9.18 Å². The van der Waals surface area contributed by atoms with E-state index in [1.165, 1.54) is 37.1 Å².